The highest BCUT2D eigenvalue weighted by Gasteiger charge is 2.46. The number of aromatic nitrogens is 1. The van der Waals surface area contributed by atoms with Crippen molar-refractivity contribution in [3.63, 3.8) is 0 Å². The van der Waals surface area contributed by atoms with Crippen LogP contribution in [0.3, 0.4) is 0 Å². The first-order chi connectivity index (χ1) is 34.8. The molecule has 0 N–H and O–H groups in total. The Balaban J connectivity index is 0.000000220. The van der Waals surface area contributed by atoms with Crippen LogP contribution < -0.4 is 9.80 Å². The van der Waals surface area contributed by atoms with Crippen LogP contribution in [-0.2, 0) is 5.41 Å². The van der Waals surface area contributed by atoms with Gasteiger partial charge < -0.3 is 14.4 Å². The van der Waals surface area contributed by atoms with Gasteiger partial charge in [0, 0.05) is 50.6 Å². The summed E-state index contributed by atoms with van der Waals surface area (Å²) in [6, 6.07) is 106. The lowest BCUT2D eigenvalue weighted by Crippen LogP contribution is -2.28. The number of hydrogen-bond donors (Lipinski definition) is 0. The third-order valence-corrected chi connectivity index (χ3v) is 13.7. The van der Waals surface area contributed by atoms with E-state index < -0.39 is 5.41 Å². The molecule has 1 heterocycles. The van der Waals surface area contributed by atoms with Crippen molar-refractivity contribution in [3.05, 3.63) is 320 Å². The molecule has 332 valence electrons. The van der Waals surface area contributed by atoms with Crippen LogP contribution in [0.15, 0.2) is 297 Å². The Morgan fingerprint density at radius 1 is 0.243 bits per heavy atom. The Hall–Kier alpha value is -9.18. The van der Waals surface area contributed by atoms with Crippen LogP contribution in [0.5, 0.6) is 0 Å². The monoisotopic (exact) mass is 895 g/mol. The molecule has 0 saturated heterocycles. The molecule has 1 aliphatic carbocycles. The van der Waals surface area contributed by atoms with Crippen molar-refractivity contribution >= 4 is 55.9 Å². The van der Waals surface area contributed by atoms with E-state index in [1.54, 1.807) is 0 Å². The van der Waals surface area contributed by atoms with E-state index in [0.29, 0.717) is 0 Å². The van der Waals surface area contributed by atoms with Gasteiger partial charge in [-0.15, -0.1) is 0 Å². The van der Waals surface area contributed by atoms with Crippen molar-refractivity contribution in [3.8, 4) is 16.8 Å². The van der Waals surface area contributed by atoms with Crippen LogP contribution in [-0.4, -0.2) is 4.57 Å². The van der Waals surface area contributed by atoms with Gasteiger partial charge >= 0.3 is 0 Å². The van der Waals surface area contributed by atoms with E-state index in [1.165, 1.54) is 60.9 Å². The largest absolute Gasteiger partial charge is 0.311 e. The van der Waals surface area contributed by atoms with Crippen molar-refractivity contribution < 1.29 is 0 Å². The summed E-state index contributed by atoms with van der Waals surface area (Å²) in [7, 11) is 0. The molecule has 0 aliphatic heterocycles. The van der Waals surface area contributed by atoms with Gasteiger partial charge in [0.15, 0.2) is 0 Å². The minimum absolute atomic E-state index is 0.501. The molecule has 12 aromatic rings. The van der Waals surface area contributed by atoms with E-state index in [9.17, 15) is 0 Å². The molecule has 0 radical (unpaired) electrons. The van der Waals surface area contributed by atoms with Gasteiger partial charge in [0.2, 0.25) is 0 Å². The highest BCUT2D eigenvalue weighted by molar-refractivity contribution is 6.09. The van der Waals surface area contributed by atoms with Gasteiger partial charge in [-0.1, -0.05) is 200 Å². The van der Waals surface area contributed by atoms with Crippen molar-refractivity contribution in [1.29, 1.82) is 0 Å². The topological polar surface area (TPSA) is 11.4 Å². The summed E-state index contributed by atoms with van der Waals surface area (Å²) in [5.74, 6) is 0. The normalized spacial score (nSPS) is 12.1. The van der Waals surface area contributed by atoms with Gasteiger partial charge in [0.1, 0.15) is 0 Å². The van der Waals surface area contributed by atoms with Crippen molar-refractivity contribution in [2.75, 3.05) is 9.80 Å². The van der Waals surface area contributed by atoms with E-state index >= 15 is 0 Å². The highest BCUT2D eigenvalue weighted by Crippen LogP contribution is 2.56. The van der Waals surface area contributed by atoms with Gasteiger partial charge in [0.25, 0.3) is 0 Å². The summed E-state index contributed by atoms with van der Waals surface area (Å²) >= 11 is 0. The highest BCUT2D eigenvalue weighted by atomic mass is 15.1. The van der Waals surface area contributed by atoms with Crippen LogP contribution in [0.25, 0.3) is 38.6 Å². The lowest BCUT2D eigenvalue weighted by atomic mass is 9.67. The fourth-order valence-electron chi connectivity index (χ4n) is 10.7. The molecule has 70 heavy (non-hydrogen) atoms. The molecule has 0 atom stereocenters. The summed E-state index contributed by atoms with van der Waals surface area (Å²) in [6.45, 7) is 0. The molecule has 13 rings (SSSR count). The number of hydrogen-bond acceptors (Lipinski definition) is 2. The first-order valence-electron chi connectivity index (χ1n) is 24.0. The summed E-state index contributed by atoms with van der Waals surface area (Å²) in [6.07, 6.45) is 0. The smallest absolute Gasteiger partial charge is 0.0713 e. The van der Waals surface area contributed by atoms with Gasteiger partial charge in [-0.3, -0.25) is 0 Å². The first kappa shape index (κ1) is 42.2. The molecule has 11 aromatic carbocycles. The average Bonchev–Trinajstić information content (AvgIpc) is 3.94. The Morgan fingerprint density at radius 3 is 0.900 bits per heavy atom. The molecular weight excluding hydrogens is 847 g/mol. The fraction of sp³-hybridized carbons (Fsp3) is 0.0149. The third kappa shape index (κ3) is 7.42. The maximum Gasteiger partial charge on any atom is 0.0713 e. The number of nitrogens with zero attached hydrogens (tertiary/aromatic N) is 3. The van der Waals surface area contributed by atoms with Crippen LogP contribution in [0, 0.1) is 0 Å². The van der Waals surface area contributed by atoms with E-state index in [-0.39, 0.29) is 0 Å². The second kappa shape index (κ2) is 18.5. The van der Waals surface area contributed by atoms with Gasteiger partial charge in [-0.25, -0.2) is 0 Å². The summed E-state index contributed by atoms with van der Waals surface area (Å²) < 4.78 is 2.32. The second-order valence-electron chi connectivity index (χ2n) is 17.7. The SMILES string of the molecule is c1ccc(-n2c3ccccc3c3ccccc32)cc1.c1ccc(N(c2ccccc2)c2ccc(C3(c4ccc(N(c5ccccc5)c5ccccc5)cc4)c4ccccc4-c4ccccc43)cc2)cc1. The van der Waals surface area contributed by atoms with Gasteiger partial charge in [0.05, 0.1) is 16.4 Å². The summed E-state index contributed by atoms with van der Waals surface area (Å²) in [4.78, 5) is 4.65. The minimum atomic E-state index is -0.501. The van der Waals surface area contributed by atoms with Crippen molar-refractivity contribution in [1.82, 2.24) is 4.57 Å². The van der Waals surface area contributed by atoms with Crippen LogP contribution in [0.1, 0.15) is 22.3 Å². The Labute approximate surface area is 410 Å². The molecular formula is C67H49N3. The van der Waals surface area contributed by atoms with Crippen LogP contribution >= 0.6 is 0 Å². The van der Waals surface area contributed by atoms with E-state index in [1.807, 2.05) is 0 Å². The predicted octanol–water partition coefficient (Wildman–Crippen LogP) is 17.8. The Morgan fingerprint density at radius 2 is 0.529 bits per heavy atom. The quantitative estimate of drug-likeness (QED) is 0.143. The maximum atomic E-state index is 2.33. The average molecular weight is 896 g/mol. The van der Waals surface area contributed by atoms with E-state index in [2.05, 4.69) is 312 Å². The third-order valence-electron chi connectivity index (χ3n) is 13.7. The summed E-state index contributed by atoms with van der Waals surface area (Å²) in [5, 5.41) is 2.61. The van der Waals surface area contributed by atoms with Crippen LogP contribution in [0.4, 0.5) is 34.1 Å². The molecule has 0 saturated carbocycles. The van der Waals surface area contributed by atoms with Crippen molar-refractivity contribution in [2.24, 2.45) is 0 Å². The minimum Gasteiger partial charge on any atom is -0.311 e. The number of benzene rings is 11. The molecule has 3 nitrogen and oxygen atoms in total. The zero-order valence-electron chi connectivity index (χ0n) is 38.6. The lowest BCUT2D eigenvalue weighted by Gasteiger charge is -2.35. The van der Waals surface area contributed by atoms with Gasteiger partial charge in [-0.2, -0.15) is 0 Å². The predicted molar refractivity (Wildman–Crippen MR) is 294 cm³/mol. The van der Waals surface area contributed by atoms with E-state index in [0.717, 1.165) is 34.1 Å². The standard InChI is InChI=1S/C49H36N2.C18H13N/c1-5-17-39(18-6-1)50(40-19-7-2-8-20-40)43-33-29-37(30-34-43)49(47-27-15-13-25-45(47)46-26-14-16-28-48(46)49)38-31-35-44(36-32-38)51(41-21-9-3-10-22-41)42-23-11-4-12-24-42;1-2-8-14(9-3-1)19-17-12-6-4-10-15(17)16-11-5-7-13-18(16)19/h1-36H;1-13H. The van der Waals surface area contributed by atoms with Gasteiger partial charge in [-0.05, 0) is 130 Å². The molecule has 0 unspecified atom stereocenters. The molecule has 0 amide bonds. The number of anilines is 6. The zero-order valence-corrected chi connectivity index (χ0v) is 38.6. The molecule has 1 aromatic heterocycles. The molecule has 0 spiro atoms. The number of para-hydroxylation sites is 7. The molecule has 0 fully saturated rings. The number of fused-ring (bicyclic) bond motifs is 6. The Kier molecular flexibility index (Phi) is 11.1. The lowest BCUT2D eigenvalue weighted by molar-refractivity contribution is 0.768. The maximum absolute atomic E-state index is 2.33. The molecule has 3 heteroatoms. The molecule has 1 aliphatic rings. The Bertz CT molecular complexity index is 3380. The fourth-order valence-corrected chi connectivity index (χ4v) is 10.7. The number of rotatable bonds is 9. The zero-order chi connectivity index (χ0) is 46.7. The first-order valence-corrected chi connectivity index (χ1v) is 24.0. The second-order valence-corrected chi connectivity index (χ2v) is 17.7. The van der Waals surface area contributed by atoms with E-state index in [4.69, 9.17) is 0 Å². The van der Waals surface area contributed by atoms with Crippen molar-refractivity contribution in [2.45, 2.75) is 5.41 Å². The van der Waals surface area contributed by atoms with Crippen LogP contribution in [0.2, 0.25) is 0 Å². The molecule has 0 bridgehead atoms. The summed E-state index contributed by atoms with van der Waals surface area (Å²) in [5.41, 5.74) is 17.6.